The monoisotopic (exact) mass is 1060 g/mol. The van der Waals surface area contributed by atoms with Gasteiger partial charge in [-0.3, -0.25) is 14.4 Å². The van der Waals surface area contributed by atoms with Crippen molar-refractivity contribution in [2.75, 3.05) is 70.5 Å². The Morgan fingerprint density at radius 1 is 0.635 bits per heavy atom. The Hall–Kier alpha value is -6.75. The van der Waals surface area contributed by atoms with Crippen LogP contribution in [0.5, 0.6) is 0 Å². The maximum Gasteiger partial charge on any atom is 0.343 e. The number of ether oxygens (including phenoxy) is 2. The van der Waals surface area contributed by atoms with Crippen LogP contribution in [0.1, 0.15) is 95.5 Å². The van der Waals surface area contributed by atoms with Gasteiger partial charge in [0.15, 0.2) is 23.3 Å². The highest BCUT2D eigenvalue weighted by atomic mass is 35.5. The summed E-state index contributed by atoms with van der Waals surface area (Å²) in [6, 6.07) is 6.31. The number of aromatic carboxylic acids is 1. The van der Waals surface area contributed by atoms with Crippen LogP contribution in [0.3, 0.4) is 0 Å². The van der Waals surface area contributed by atoms with E-state index < -0.39 is 68.5 Å². The van der Waals surface area contributed by atoms with Crippen LogP contribution in [0.25, 0.3) is 21.8 Å². The molecule has 2 saturated heterocycles. The van der Waals surface area contributed by atoms with Gasteiger partial charge < -0.3 is 49.9 Å². The number of benzene rings is 3. The second-order valence-corrected chi connectivity index (χ2v) is 17.8. The first-order valence-corrected chi connectivity index (χ1v) is 24.4. The SMILES string of the molecule is C1CNCCN1.CCOC(=O)/C=C\NC1CC1.CCOC(=O)c1cn(C2CC2)c2cc(F)c(F)cc2c1=O.O=C(Cl)c1cc(F)c(F)cc1F.O=C(O)c1cn(C2CC2)c2cc(N3CCNCC3)c(F)cc2c1=O. The third-order valence-corrected chi connectivity index (χ3v) is 12.0. The van der Waals surface area contributed by atoms with Gasteiger partial charge in [-0.05, 0) is 88.2 Å². The van der Waals surface area contributed by atoms with Gasteiger partial charge in [0.2, 0.25) is 10.9 Å². The molecule has 2 aromatic heterocycles. The summed E-state index contributed by atoms with van der Waals surface area (Å²) in [5.41, 5.74) is -1.00. The Bertz CT molecular complexity index is 3000. The number of fused-ring (bicyclic) bond motifs is 2. The van der Waals surface area contributed by atoms with E-state index in [1.54, 1.807) is 30.7 Å². The molecule has 5 fully saturated rings. The van der Waals surface area contributed by atoms with Gasteiger partial charge >= 0.3 is 17.9 Å². The molecule has 5 aliphatic rings. The number of nitrogens with one attached hydrogen (secondary N) is 4. The Morgan fingerprint density at radius 2 is 1.12 bits per heavy atom. The summed E-state index contributed by atoms with van der Waals surface area (Å²) in [6.07, 6.45) is 11.9. The van der Waals surface area contributed by atoms with Crippen molar-refractivity contribution in [2.45, 2.75) is 70.5 Å². The number of piperazine rings is 2. The summed E-state index contributed by atoms with van der Waals surface area (Å²) in [5, 5.41) is 21.0. The molecular formula is C51H56ClF6N7O9. The fourth-order valence-corrected chi connectivity index (χ4v) is 7.78. The third kappa shape index (κ3) is 15.4. The van der Waals surface area contributed by atoms with Gasteiger partial charge in [0.1, 0.15) is 22.8 Å². The largest absolute Gasteiger partial charge is 0.477 e. The van der Waals surface area contributed by atoms with E-state index in [0.29, 0.717) is 48.5 Å². The average Bonchev–Trinajstić information content (AvgIpc) is 4.21. The van der Waals surface area contributed by atoms with Crippen LogP contribution in [-0.4, -0.2) is 109 Å². The molecule has 16 nitrogen and oxygen atoms in total. The van der Waals surface area contributed by atoms with Crippen molar-refractivity contribution in [1.29, 1.82) is 0 Å². The standard InChI is InChI=1S/C17H18FN3O3.C15H13F2NO3.C8H13NO2.C7H2ClF3O.C4H10N2/c18-13-7-11-14(8-15(13)20-5-3-19-4-6-20)21(10-1-2-10)9-12(16(11)22)17(23)24;1-2-21-15(20)10-7-18(8-3-4-8)13-6-12(17)11(16)5-9(13)14(10)19;1-2-11-8(10)5-6-9-7-3-4-7;8-7(12)3-1-5(10)6(11)2-4(3)9;1-2-6-4-3-5-1/h7-10,19H,1-6H2,(H,23,24);5-8H,2-4H2,1H3;5-7,9H,2-4H2,1H3;1-2H;5-6H,1-4H2/b;;6-5-;;. The highest BCUT2D eigenvalue weighted by Crippen LogP contribution is 2.39. The average molecular weight is 1060 g/mol. The number of hydrogen-bond donors (Lipinski definition) is 5. The molecule has 5 N–H and O–H groups in total. The third-order valence-electron chi connectivity index (χ3n) is 11.8. The Labute approximate surface area is 425 Å². The van der Waals surface area contributed by atoms with E-state index >= 15 is 0 Å². The number of carboxylic acid groups (broad SMARTS) is 1. The van der Waals surface area contributed by atoms with Crippen molar-refractivity contribution in [3.05, 3.63) is 133 Å². The number of carbonyl (C=O) groups is 4. The van der Waals surface area contributed by atoms with Gasteiger partial charge in [-0.1, -0.05) is 0 Å². The predicted molar refractivity (Wildman–Crippen MR) is 265 cm³/mol. The number of aromatic nitrogens is 2. The molecule has 3 aliphatic carbocycles. The number of esters is 2. The van der Waals surface area contributed by atoms with Crippen LogP contribution >= 0.6 is 11.6 Å². The normalized spacial score (nSPS) is 16.0. The van der Waals surface area contributed by atoms with E-state index in [1.165, 1.54) is 37.4 Å². The van der Waals surface area contributed by atoms with Gasteiger partial charge in [-0.15, -0.1) is 0 Å². The van der Waals surface area contributed by atoms with Crippen LogP contribution in [-0.2, 0) is 14.3 Å². The molecule has 0 bridgehead atoms. The van der Waals surface area contributed by atoms with Gasteiger partial charge in [-0.25, -0.2) is 40.7 Å². The van der Waals surface area contributed by atoms with Crippen LogP contribution in [0.4, 0.5) is 32.0 Å². The van der Waals surface area contributed by atoms with Crippen LogP contribution in [0.15, 0.2) is 70.7 Å². The fraction of sp³-hybridized carbons (Fsp3) is 0.412. The number of hydrogen-bond acceptors (Lipinski definition) is 13. The molecule has 398 valence electrons. The van der Waals surface area contributed by atoms with E-state index in [4.69, 9.17) is 16.3 Å². The van der Waals surface area contributed by atoms with E-state index in [2.05, 4.69) is 26.0 Å². The second-order valence-electron chi connectivity index (χ2n) is 17.4. The maximum atomic E-state index is 14.6. The minimum Gasteiger partial charge on any atom is -0.477 e. The highest BCUT2D eigenvalue weighted by Gasteiger charge is 2.30. The summed E-state index contributed by atoms with van der Waals surface area (Å²) >= 11 is 4.86. The van der Waals surface area contributed by atoms with Gasteiger partial charge in [0.05, 0.1) is 35.5 Å². The Balaban J connectivity index is 0.000000161. The summed E-state index contributed by atoms with van der Waals surface area (Å²) in [6.45, 7) is 11.5. The first kappa shape index (κ1) is 56.5. The molecule has 74 heavy (non-hydrogen) atoms. The molecule has 4 heterocycles. The number of anilines is 1. The van der Waals surface area contributed by atoms with Crippen molar-refractivity contribution in [3.8, 4) is 0 Å². The predicted octanol–water partition coefficient (Wildman–Crippen LogP) is 6.85. The van der Waals surface area contributed by atoms with Crippen molar-refractivity contribution >= 4 is 62.2 Å². The van der Waals surface area contributed by atoms with Gasteiger partial charge in [0.25, 0.3) is 5.24 Å². The Kier molecular flexibility index (Phi) is 20.2. The minimum atomic E-state index is -1.35. The first-order valence-electron chi connectivity index (χ1n) is 24.1. The number of carboxylic acids is 1. The lowest BCUT2D eigenvalue weighted by Gasteiger charge is -2.30. The summed E-state index contributed by atoms with van der Waals surface area (Å²) in [7, 11) is 0. The molecule has 5 aromatic rings. The molecule has 0 unspecified atom stereocenters. The minimum absolute atomic E-state index is 0.00801. The summed E-state index contributed by atoms with van der Waals surface area (Å²) in [5.74, 6) is -8.73. The zero-order chi connectivity index (χ0) is 53.6. The molecule has 0 spiro atoms. The van der Waals surface area contributed by atoms with Gasteiger partial charge in [0, 0.05) is 118 Å². The molecule has 0 amide bonds. The van der Waals surface area contributed by atoms with Crippen molar-refractivity contribution in [1.82, 2.24) is 30.4 Å². The zero-order valence-corrected chi connectivity index (χ0v) is 41.3. The van der Waals surface area contributed by atoms with E-state index in [-0.39, 0.29) is 52.6 Å². The molecule has 0 radical (unpaired) electrons. The first-order chi connectivity index (χ1) is 35.4. The van der Waals surface area contributed by atoms with Gasteiger partial charge in [-0.2, -0.15) is 0 Å². The molecule has 3 saturated carbocycles. The van der Waals surface area contributed by atoms with E-state index in [9.17, 15) is 60.2 Å². The van der Waals surface area contributed by atoms with Crippen LogP contribution < -0.4 is 37.0 Å². The van der Waals surface area contributed by atoms with Crippen LogP contribution in [0, 0.1) is 34.9 Å². The van der Waals surface area contributed by atoms with E-state index in [1.807, 2.05) is 9.47 Å². The lowest BCUT2D eigenvalue weighted by Crippen LogP contribution is -2.43. The number of pyridine rings is 2. The smallest absolute Gasteiger partial charge is 0.343 e. The van der Waals surface area contributed by atoms with Crippen molar-refractivity contribution < 1.29 is 60.1 Å². The molecule has 0 atom stereocenters. The molecule has 3 aromatic carbocycles. The second kappa shape index (κ2) is 26.5. The highest BCUT2D eigenvalue weighted by molar-refractivity contribution is 6.67. The Morgan fingerprint density at radius 3 is 1.64 bits per heavy atom. The molecule has 2 aliphatic heterocycles. The number of halogens is 7. The topological polar surface area (TPSA) is 202 Å². The van der Waals surface area contributed by atoms with Crippen molar-refractivity contribution in [3.63, 3.8) is 0 Å². The van der Waals surface area contributed by atoms with E-state index in [0.717, 1.165) is 77.1 Å². The summed E-state index contributed by atoms with van der Waals surface area (Å²) in [4.78, 5) is 70.9. The van der Waals surface area contributed by atoms with Crippen LogP contribution in [0.2, 0.25) is 0 Å². The number of carbonyl (C=O) groups excluding carboxylic acids is 3. The number of rotatable bonds is 11. The fourth-order valence-electron chi connectivity index (χ4n) is 7.64. The maximum absolute atomic E-state index is 14.6. The summed E-state index contributed by atoms with van der Waals surface area (Å²) < 4.78 is 91.7. The number of nitrogens with zero attached hydrogens (tertiary/aromatic N) is 3. The lowest BCUT2D eigenvalue weighted by molar-refractivity contribution is -0.137. The quantitative estimate of drug-likeness (QED) is 0.0302. The molecule has 23 heteroatoms. The molecular weight excluding hydrogens is 1000 g/mol. The lowest BCUT2D eigenvalue weighted by atomic mass is 10.1. The molecule has 10 rings (SSSR count). The zero-order valence-electron chi connectivity index (χ0n) is 40.5. The van der Waals surface area contributed by atoms with Crippen molar-refractivity contribution in [2.24, 2.45) is 0 Å².